The number of hydrogen-bond acceptors (Lipinski definition) is 4. The fourth-order valence-corrected chi connectivity index (χ4v) is 4.97. The molecule has 0 atom stereocenters. The van der Waals surface area contributed by atoms with Crippen LogP contribution in [0, 0.1) is 0 Å². The lowest BCUT2D eigenvalue weighted by Gasteiger charge is -2.21. The maximum atomic E-state index is 13.0. The van der Waals surface area contributed by atoms with Crippen LogP contribution < -0.4 is 5.32 Å². The molecule has 0 unspecified atom stereocenters. The van der Waals surface area contributed by atoms with Crippen LogP contribution in [-0.4, -0.2) is 50.7 Å². The van der Waals surface area contributed by atoms with E-state index in [9.17, 15) is 13.2 Å². The number of sulfonamides is 1. The van der Waals surface area contributed by atoms with Crippen molar-refractivity contribution in [2.24, 2.45) is 0 Å². The van der Waals surface area contributed by atoms with Gasteiger partial charge in [0.25, 0.3) is 5.91 Å². The summed E-state index contributed by atoms with van der Waals surface area (Å²) in [5, 5.41) is 2.92. The minimum atomic E-state index is -3.62. The van der Waals surface area contributed by atoms with Gasteiger partial charge in [0.05, 0.1) is 4.90 Å². The van der Waals surface area contributed by atoms with Gasteiger partial charge in [-0.3, -0.25) is 4.79 Å². The van der Waals surface area contributed by atoms with Gasteiger partial charge in [0, 0.05) is 31.7 Å². The lowest BCUT2D eigenvalue weighted by molar-refractivity contribution is 0.0950. The number of hydrogen-bond donors (Lipinski definition) is 1. The van der Waals surface area contributed by atoms with E-state index in [4.69, 9.17) is 0 Å². The molecule has 0 heterocycles. The van der Waals surface area contributed by atoms with E-state index < -0.39 is 10.0 Å². The number of carbonyl (C=O) groups is 1. The van der Waals surface area contributed by atoms with Gasteiger partial charge in [-0.15, -0.1) is 0 Å². The standard InChI is InChI=1S/C23H33N3O3S/c1-5-14-26(15-6-2)30(28,29)22-13-9-12-19(16-22)23(27)24-17-20-10-7-8-11-21(20)18-25(3)4/h7-13,16H,5-6,14-15,17-18H2,1-4H3,(H,24,27). The van der Waals surface area contributed by atoms with Gasteiger partial charge in [0.15, 0.2) is 0 Å². The van der Waals surface area contributed by atoms with Crippen molar-refractivity contribution in [3.05, 3.63) is 65.2 Å². The van der Waals surface area contributed by atoms with Gasteiger partial charge < -0.3 is 10.2 Å². The third kappa shape index (κ3) is 6.39. The lowest BCUT2D eigenvalue weighted by Crippen LogP contribution is -2.32. The second-order valence-corrected chi connectivity index (χ2v) is 9.56. The van der Waals surface area contributed by atoms with Gasteiger partial charge >= 0.3 is 0 Å². The van der Waals surface area contributed by atoms with Gasteiger partial charge in [-0.2, -0.15) is 4.31 Å². The van der Waals surface area contributed by atoms with Crippen LogP contribution in [0.15, 0.2) is 53.4 Å². The van der Waals surface area contributed by atoms with Crippen molar-refractivity contribution in [1.82, 2.24) is 14.5 Å². The molecule has 0 aliphatic rings. The van der Waals surface area contributed by atoms with Crippen molar-refractivity contribution < 1.29 is 13.2 Å². The quantitative estimate of drug-likeness (QED) is 0.591. The maximum Gasteiger partial charge on any atom is 0.251 e. The van der Waals surface area contributed by atoms with E-state index in [2.05, 4.69) is 10.2 Å². The minimum Gasteiger partial charge on any atom is -0.348 e. The SMILES string of the molecule is CCCN(CCC)S(=O)(=O)c1cccc(C(=O)NCc2ccccc2CN(C)C)c1. The molecule has 0 fully saturated rings. The van der Waals surface area contributed by atoms with Crippen LogP contribution in [0.25, 0.3) is 0 Å². The number of benzene rings is 2. The average Bonchev–Trinajstić information content (AvgIpc) is 2.72. The highest BCUT2D eigenvalue weighted by Crippen LogP contribution is 2.18. The van der Waals surface area contributed by atoms with Gasteiger partial charge in [0.2, 0.25) is 10.0 Å². The predicted molar refractivity (Wildman–Crippen MR) is 121 cm³/mol. The van der Waals surface area contributed by atoms with Gasteiger partial charge in [-0.1, -0.05) is 44.2 Å². The van der Waals surface area contributed by atoms with E-state index in [0.717, 1.165) is 30.5 Å². The number of nitrogens with zero attached hydrogens (tertiary/aromatic N) is 2. The van der Waals surface area contributed by atoms with Crippen molar-refractivity contribution in [3.63, 3.8) is 0 Å². The zero-order valence-electron chi connectivity index (χ0n) is 18.4. The largest absolute Gasteiger partial charge is 0.348 e. The number of nitrogens with one attached hydrogen (secondary N) is 1. The molecule has 6 nitrogen and oxygen atoms in total. The topological polar surface area (TPSA) is 69.7 Å². The molecule has 7 heteroatoms. The van der Waals surface area contributed by atoms with Crippen molar-refractivity contribution in [2.45, 2.75) is 44.7 Å². The molecule has 0 saturated carbocycles. The van der Waals surface area contributed by atoms with E-state index in [-0.39, 0.29) is 10.8 Å². The molecular formula is C23H33N3O3S. The number of amides is 1. The Bertz CT molecular complexity index is 936. The second-order valence-electron chi connectivity index (χ2n) is 7.62. The highest BCUT2D eigenvalue weighted by Gasteiger charge is 2.24. The van der Waals surface area contributed by atoms with Crippen molar-refractivity contribution in [1.29, 1.82) is 0 Å². The Morgan fingerprint density at radius 1 is 0.933 bits per heavy atom. The van der Waals surface area contributed by atoms with Crippen LogP contribution >= 0.6 is 0 Å². The van der Waals surface area contributed by atoms with Gasteiger partial charge in [-0.25, -0.2) is 8.42 Å². The summed E-state index contributed by atoms with van der Waals surface area (Å²) in [6.07, 6.45) is 1.48. The van der Waals surface area contributed by atoms with Crippen molar-refractivity contribution in [3.8, 4) is 0 Å². The van der Waals surface area contributed by atoms with Crippen molar-refractivity contribution in [2.75, 3.05) is 27.2 Å². The Labute approximate surface area is 180 Å². The molecule has 1 amide bonds. The molecule has 2 rings (SSSR count). The van der Waals surface area contributed by atoms with Gasteiger partial charge in [-0.05, 0) is 56.3 Å². The Balaban J connectivity index is 2.17. The van der Waals surface area contributed by atoms with Crippen LogP contribution in [0.5, 0.6) is 0 Å². The average molecular weight is 432 g/mol. The second kappa shape index (κ2) is 11.2. The molecule has 0 aliphatic carbocycles. The van der Waals surface area contributed by atoms with Crippen molar-refractivity contribution >= 4 is 15.9 Å². The Hall–Kier alpha value is -2.22. The molecular weight excluding hydrogens is 398 g/mol. The summed E-state index contributed by atoms with van der Waals surface area (Å²) in [4.78, 5) is 15.0. The highest BCUT2D eigenvalue weighted by molar-refractivity contribution is 7.89. The molecule has 0 radical (unpaired) electrons. The Morgan fingerprint density at radius 2 is 1.57 bits per heavy atom. The summed E-state index contributed by atoms with van der Waals surface area (Å²) in [6, 6.07) is 14.3. The summed E-state index contributed by atoms with van der Waals surface area (Å²) in [5.41, 5.74) is 2.53. The minimum absolute atomic E-state index is 0.157. The highest BCUT2D eigenvalue weighted by atomic mass is 32.2. The van der Waals surface area contributed by atoms with Crippen LogP contribution in [0.3, 0.4) is 0 Å². The first-order valence-corrected chi connectivity index (χ1v) is 11.8. The van der Waals surface area contributed by atoms with E-state index >= 15 is 0 Å². The number of rotatable bonds is 11. The molecule has 30 heavy (non-hydrogen) atoms. The lowest BCUT2D eigenvalue weighted by atomic mass is 10.1. The molecule has 0 saturated heterocycles. The summed E-state index contributed by atoms with van der Waals surface area (Å²) in [6.45, 7) is 6.01. The van der Waals surface area contributed by atoms with Crippen LogP contribution in [0.4, 0.5) is 0 Å². The smallest absolute Gasteiger partial charge is 0.251 e. The predicted octanol–water partition coefficient (Wildman–Crippen LogP) is 3.49. The molecule has 1 N–H and O–H groups in total. The Kier molecular flexibility index (Phi) is 9.02. The molecule has 0 aromatic heterocycles. The van der Waals surface area contributed by atoms with Crippen LogP contribution in [0.2, 0.25) is 0 Å². The molecule has 2 aromatic rings. The first-order valence-electron chi connectivity index (χ1n) is 10.4. The summed E-state index contributed by atoms with van der Waals surface area (Å²) in [5.74, 6) is -0.288. The van der Waals surface area contributed by atoms with Gasteiger partial charge in [0.1, 0.15) is 0 Å². The zero-order chi connectivity index (χ0) is 22.1. The summed E-state index contributed by atoms with van der Waals surface area (Å²) in [7, 11) is 0.382. The maximum absolute atomic E-state index is 13.0. The van der Waals surface area contributed by atoms with E-state index in [1.807, 2.05) is 52.2 Å². The van der Waals surface area contributed by atoms with E-state index in [1.54, 1.807) is 18.2 Å². The monoisotopic (exact) mass is 431 g/mol. The Morgan fingerprint density at radius 3 is 2.17 bits per heavy atom. The first kappa shape index (κ1) is 24.1. The third-order valence-electron chi connectivity index (χ3n) is 4.72. The number of carbonyl (C=O) groups excluding carboxylic acids is 1. The molecule has 0 bridgehead atoms. The molecule has 164 valence electrons. The fraction of sp³-hybridized carbons (Fsp3) is 0.435. The zero-order valence-corrected chi connectivity index (χ0v) is 19.2. The van der Waals surface area contributed by atoms with Crippen LogP contribution in [0.1, 0.15) is 48.2 Å². The van der Waals surface area contributed by atoms with E-state index in [0.29, 0.717) is 25.2 Å². The fourth-order valence-electron chi connectivity index (χ4n) is 3.30. The van der Waals surface area contributed by atoms with Crippen LogP contribution in [-0.2, 0) is 23.1 Å². The normalized spacial score (nSPS) is 11.8. The molecule has 0 spiro atoms. The molecule has 2 aromatic carbocycles. The first-order chi connectivity index (χ1) is 14.3. The molecule has 0 aliphatic heterocycles. The van der Waals surface area contributed by atoms with E-state index in [1.165, 1.54) is 10.4 Å². The summed E-state index contributed by atoms with van der Waals surface area (Å²) >= 11 is 0. The summed E-state index contributed by atoms with van der Waals surface area (Å²) < 4.78 is 27.5. The third-order valence-corrected chi connectivity index (χ3v) is 6.62.